The molecule has 5 heteroatoms. The van der Waals surface area contributed by atoms with Crippen LogP contribution in [0.25, 0.3) is 0 Å². The summed E-state index contributed by atoms with van der Waals surface area (Å²) in [6.45, 7) is 3.74. The van der Waals surface area contributed by atoms with Crippen LogP contribution in [0.4, 0.5) is 0 Å². The predicted octanol–water partition coefficient (Wildman–Crippen LogP) is 2.28. The summed E-state index contributed by atoms with van der Waals surface area (Å²) in [5.41, 5.74) is 0.0923. The quantitative estimate of drug-likeness (QED) is 0.865. The topological polar surface area (TPSA) is 55.4 Å². The largest absolute Gasteiger partial charge is 0.375 e. The third kappa shape index (κ3) is 3.15. The molecular weight excluding hydrogens is 286 g/mol. The Morgan fingerprint density at radius 1 is 1.24 bits per heavy atom. The Bertz CT molecular complexity index is 458. The molecule has 3 atom stereocenters. The molecular formula is C16H29NO3S. The van der Waals surface area contributed by atoms with Crippen LogP contribution in [0.15, 0.2) is 0 Å². The second-order valence-electron chi connectivity index (χ2n) is 7.12. The van der Waals surface area contributed by atoms with Crippen LogP contribution in [0, 0.1) is 5.92 Å². The van der Waals surface area contributed by atoms with Crippen LogP contribution in [-0.2, 0) is 14.6 Å². The number of hydrogen-bond donors (Lipinski definition) is 1. The van der Waals surface area contributed by atoms with Crippen molar-refractivity contribution in [3.8, 4) is 0 Å². The van der Waals surface area contributed by atoms with Gasteiger partial charge in [0.2, 0.25) is 0 Å². The van der Waals surface area contributed by atoms with Crippen molar-refractivity contribution in [3.63, 3.8) is 0 Å². The number of rotatable bonds is 4. The van der Waals surface area contributed by atoms with Crippen LogP contribution in [0.3, 0.4) is 0 Å². The molecule has 3 aliphatic rings. The van der Waals surface area contributed by atoms with Crippen LogP contribution in [0.1, 0.15) is 58.3 Å². The van der Waals surface area contributed by atoms with Gasteiger partial charge < -0.3 is 10.1 Å². The third-order valence-electron chi connectivity index (χ3n) is 5.77. The molecule has 0 radical (unpaired) electrons. The normalized spacial score (nSPS) is 36.0. The Morgan fingerprint density at radius 2 is 2.05 bits per heavy atom. The van der Waals surface area contributed by atoms with Gasteiger partial charge >= 0.3 is 0 Å². The molecule has 1 spiro atoms. The zero-order chi connectivity index (χ0) is 14.9. The molecule has 0 aromatic heterocycles. The van der Waals surface area contributed by atoms with Gasteiger partial charge in [-0.1, -0.05) is 13.3 Å². The highest BCUT2D eigenvalue weighted by atomic mass is 32.2. The summed E-state index contributed by atoms with van der Waals surface area (Å²) in [5.74, 6) is 0.838. The van der Waals surface area contributed by atoms with Crippen LogP contribution >= 0.6 is 0 Å². The van der Waals surface area contributed by atoms with Crippen LogP contribution in [0.5, 0.6) is 0 Å². The van der Waals surface area contributed by atoms with Crippen LogP contribution in [-0.4, -0.2) is 44.2 Å². The molecule has 1 saturated carbocycles. The Hall–Kier alpha value is -0.130. The summed E-state index contributed by atoms with van der Waals surface area (Å²) in [6.07, 6.45) is 8.39. The first kappa shape index (κ1) is 15.8. The fraction of sp³-hybridized carbons (Fsp3) is 1.00. The van der Waals surface area contributed by atoms with Crippen molar-refractivity contribution in [2.45, 2.75) is 75.2 Å². The monoisotopic (exact) mass is 315 g/mol. The molecule has 122 valence electrons. The molecule has 2 aliphatic heterocycles. The first-order chi connectivity index (χ1) is 10.1. The van der Waals surface area contributed by atoms with Gasteiger partial charge in [0.25, 0.3) is 0 Å². The molecule has 0 amide bonds. The summed E-state index contributed by atoms with van der Waals surface area (Å²) < 4.78 is 31.1. The Labute approximate surface area is 128 Å². The van der Waals surface area contributed by atoms with Crippen molar-refractivity contribution in [3.05, 3.63) is 0 Å². The smallest absolute Gasteiger partial charge is 0.154 e. The number of nitrogens with one attached hydrogen (secondary N) is 1. The lowest BCUT2D eigenvalue weighted by Crippen LogP contribution is -2.56. The minimum atomic E-state index is -2.92. The van der Waals surface area contributed by atoms with Gasteiger partial charge in [0.15, 0.2) is 9.84 Å². The molecule has 3 fully saturated rings. The average Bonchev–Trinajstić information content (AvgIpc) is 2.43. The number of hydrogen-bond acceptors (Lipinski definition) is 4. The molecule has 4 nitrogen and oxygen atoms in total. The minimum absolute atomic E-state index is 0.0923. The van der Waals surface area contributed by atoms with Crippen molar-refractivity contribution >= 4 is 9.84 Å². The molecule has 3 unspecified atom stereocenters. The second kappa shape index (κ2) is 6.17. The van der Waals surface area contributed by atoms with Crippen LogP contribution < -0.4 is 5.32 Å². The van der Waals surface area contributed by atoms with Gasteiger partial charge in [-0.2, -0.15) is 0 Å². The Morgan fingerprint density at radius 3 is 2.67 bits per heavy atom. The van der Waals surface area contributed by atoms with E-state index in [2.05, 4.69) is 12.2 Å². The lowest BCUT2D eigenvalue weighted by Gasteiger charge is -2.50. The highest BCUT2D eigenvalue weighted by Gasteiger charge is 2.47. The van der Waals surface area contributed by atoms with Gasteiger partial charge in [-0.25, -0.2) is 8.42 Å². The number of sulfone groups is 1. The molecule has 0 aromatic carbocycles. The summed E-state index contributed by atoms with van der Waals surface area (Å²) >= 11 is 0. The summed E-state index contributed by atoms with van der Waals surface area (Å²) in [5, 5.41) is 3.35. The van der Waals surface area contributed by atoms with E-state index in [0.717, 1.165) is 45.3 Å². The van der Waals surface area contributed by atoms with Crippen molar-refractivity contribution in [1.29, 1.82) is 0 Å². The lowest BCUT2D eigenvalue weighted by atomic mass is 9.70. The first-order valence-corrected chi connectivity index (χ1v) is 10.4. The standard InChI is InChI=1S/C16H29NO3S/c1-2-17-15(14-6-3-4-11-21(14,18)19)13-7-10-20-16(12-13)8-5-9-16/h13-15,17H,2-12H2,1H3. The summed E-state index contributed by atoms with van der Waals surface area (Å²) in [6, 6.07) is 0.127. The summed E-state index contributed by atoms with van der Waals surface area (Å²) in [4.78, 5) is 0. The van der Waals surface area contributed by atoms with Crippen LogP contribution in [0.2, 0.25) is 0 Å². The van der Waals surface area contributed by atoms with Crippen molar-refractivity contribution < 1.29 is 13.2 Å². The molecule has 1 N–H and O–H groups in total. The molecule has 0 aromatic rings. The van der Waals surface area contributed by atoms with E-state index >= 15 is 0 Å². The maximum absolute atomic E-state index is 12.5. The number of ether oxygens (including phenoxy) is 1. The molecule has 2 heterocycles. The molecule has 3 rings (SSSR count). The fourth-order valence-corrected chi connectivity index (χ4v) is 6.71. The Balaban J connectivity index is 1.77. The van der Waals surface area contributed by atoms with E-state index in [1.54, 1.807) is 0 Å². The predicted molar refractivity (Wildman–Crippen MR) is 84.1 cm³/mol. The second-order valence-corrected chi connectivity index (χ2v) is 9.46. The average molecular weight is 315 g/mol. The zero-order valence-corrected chi connectivity index (χ0v) is 14.0. The van der Waals surface area contributed by atoms with Crippen molar-refractivity contribution in [2.75, 3.05) is 18.9 Å². The van der Waals surface area contributed by atoms with Crippen molar-refractivity contribution in [1.82, 2.24) is 5.32 Å². The van der Waals surface area contributed by atoms with Gasteiger partial charge in [0.05, 0.1) is 16.6 Å². The SMILES string of the molecule is CCNC(C1CCOC2(CCC2)C1)C1CCCCS1(=O)=O. The first-order valence-electron chi connectivity index (χ1n) is 8.65. The molecule has 2 saturated heterocycles. The van der Waals surface area contributed by atoms with Gasteiger partial charge in [0.1, 0.15) is 0 Å². The summed E-state index contributed by atoms with van der Waals surface area (Å²) in [7, 11) is -2.92. The van der Waals surface area contributed by atoms with Gasteiger partial charge in [-0.15, -0.1) is 0 Å². The van der Waals surface area contributed by atoms with E-state index in [-0.39, 0.29) is 16.9 Å². The molecule has 0 bridgehead atoms. The highest BCUT2D eigenvalue weighted by Crippen LogP contribution is 2.46. The third-order valence-corrected chi connectivity index (χ3v) is 8.08. The van der Waals surface area contributed by atoms with E-state index in [4.69, 9.17) is 4.74 Å². The van der Waals surface area contributed by atoms with E-state index in [1.807, 2.05) is 0 Å². The minimum Gasteiger partial charge on any atom is -0.375 e. The maximum atomic E-state index is 12.5. The molecule has 1 aliphatic carbocycles. The molecule has 21 heavy (non-hydrogen) atoms. The van der Waals surface area contributed by atoms with E-state index in [9.17, 15) is 8.42 Å². The van der Waals surface area contributed by atoms with E-state index < -0.39 is 9.84 Å². The highest BCUT2D eigenvalue weighted by molar-refractivity contribution is 7.92. The van der Waals surface area contributed by atoms with E-state index in [1.165, 1.54) is 19.3 Å². The van der Waals surface area contributed by atoms with Gasteiger partial charge in [-0.3, -0.25) is 0 Å². The maximum Gasteiger partial charge on any atom is 0.154 e. The Kier molecular flexibility index (Phi) is 4.63. The van der Waals surface area contributed by atoms with E-state index in [0.29, 0.717) is 11.7 Å². The zero-order valence-electron chi connectivity index (χ0n) is 13.1. The fourth-order valence-electron chi connectivity index (χ4n) is 4.51. The van der Waals surface area contributed by atoms with Gasteiger partial charge in [-0.05, 0) is 57.4 Å². The lowest BCUT2D eigenvalue weighted by molar-refractivity contribution is -0.147. The van der Waals surface area contributed by atoms with Crippen molar-refractivity contribution in [2.24, 2.45) is 5.92 Å². The van der Waals surface area contributed by atoms with Gasteiger partial charge in [0, 0.05) is 12.6 Å².